The number of carboxylic acids is 1. The lowest BCUT2D eigenvalue weighted by Gasteiger charge is -2.23. The van der Waals surface area contributed by atoms with Crippen molar-refractivity contribution in [3.05, 3.63) is 39.1 Å². The molecule has 0 radical (unpaired) electrons. The molecule has 0 spiro atoms. The Kier molecular flexibility index (Phi) is 3.64. The lowest BCUT2D eigenvalue weighted by atomic mass is 10.1. The van der Waals surface area contributed by atoms with E-state index in [2.05, 4.69) is 0 Å². The second-order valence-corrected chi connectivity index (χ2v) is 7.24. The van der Waals surface area contributed by atoms with E-state index in [1.54, 1.807) is 6.07 Å². The standard InChI is InChI=1S/C17H18ClNO4/c1-17(2,3)23-14-7-13-10(6-12(14)18)15(20)11(16(21)22)8-19(13)9-4-5-9/h6-9H,4-5H2,1-3H3,(H,21,22). The first-order valence-electron chi connectivity index (χ1n) is 7.48. The quantitative estimate of drug-likeness (QED) is 0.924. The molecule has 1 aliphatic rings. The molecule has 0 bridgehead atoms. The Morgan fingerprint density at radius 3 is 2.52 bits per heavy atom. The van der Waals surface area contributed by atoms with E-state index in [0.717, 1.165) is 12.8 Å². The number of aromatic nitrogens is 1. The summed E-state index contributed by atoms with van der Waals surface area (Å²) in [4.78, 5) is 23.7. The summed E-state index contributed by atoms with van der Waals surface area (Å²) in [6.07, 6.45) is 3.36. The fraction of sp³-hybridized carbons (Fsp3) is 0.412. The van der Waals surface area contributed by atoms with Crippen molar-refractivity contribution >= 4 is 28.5 Å². The lowest BCUT2D eigenvalue weighted by Crippen LogP contribution is -2.23. The average Bonchev–Trinajstić information content (AvgIpc) is 3.23. The normalized spacial score (nSPS) is 15.0. The van der Waals surface area contributed by atoms with Gasteiger partial charge >= 0.3 is 5.97 Å². The summed E-state index contributed by atoms with van der Waals surface area (Å²) in [6, 6.07) is 3.46. The van der Waals surface area contributed by atoms with Gasteiger partial charge in [0, 0.05) is 23.7 Å². The molecule has 5 nitrogen and oxygen atoms in total. The average molecular weight is 336 g/mol. The maximum absolute atomic E-state index is 12.4. The predicted octanol–water partition coefficient (Wildman–Crippen LogP) is 3.87. The van der Waals surface area contributed by atoms with Gasteiger partial charge in [0.05, 0.1) is 10.5 Å². The van der Waals surface area contributed by atoms with E-state index in [1.165, 1.54) is 12.3 Å². The van der Waals surface area contributed by atoms with Crippen LogP contribution in [0.2, 0.25) is 5.02 Å². The van der Waals surface area contributed by atoms with E-state index in [9.17, 15) is 14.7 Å². The van der Waals surface area contributed by atoms with E-state index >= 15 is 0 Å². The van der Waals surface area contributed by atoms with E-state index in [-0.39, 0.29) is 11.6 Å². The van der Waals surface area contributed by atoms with Crippen LogP contribution in [0.1, 0.15) is 50.0 Å². The highest BCUT2D eigenvalue weighted by atomic mass is 35.5. The summed E-state index contributed by atoms with van der Waals surface area (Å²) in [5.41, 5.74) is -0.520. The highest BCUT2D eigenvalue weighted by molar-refractivity contribution is 6.32. The summed E-state index contributed by atoms with van der Waals surface area (Å²) < 4.78 is 7.70. The molecule has 3 rings (SSSR count). The van der Waals surface area contributed by atoms with E-state index in [1.807, 2.05) is 25.3 Å². The number of ether oxygens (including phenoxy) is 1. The Morgan fingerprint density at radius 2 is 2.00 bits per heavy atom. The monoisotopic (exact) mass is 335 g/mol. The van der Waals surface area contributed by atoms with Crippen molar-refractivity contribution in [2.75, 3.05) is 0 Å². The van der Waals surface area contributed by atoms with Crippen molar-refractivity contribution in [3.63, 3.8) is 0 Å². The molecule has 0 aliphatic heterocycles. The molecule has 1 N–H and O–H groups in total. The molecule has 1 heterocycles. The molecule has 6 heteroatoms. The first kappa shape index (κ1) is 15.9. The third-order valence-corrected chi connectivity index (χ3v) is 3.97. The number of aromatic carboxylic acids is 1. The summed E-state index contributed by atoms with van der Waals surface area (Å²) in [7, 11) is 0. The number of fused-ring (bicyclic) bond motifs is 1. The second kappa shape index (κ2) is 5.27. The van der Waals surface area contributed by atoms with Crippen molar-refractivity contribution in [1.29, 1.82) is 0 Å². The third kappa shape index (κ3) is 3.06. The molecule has 0 atom stereocenters. The van der Waals surface area contributed by atoms with Gasteiger partial charge in [0.15, 0.2) is 0 Å². The van der Waals surface area contributed by atoms with Crippen LogP contribution < -0.4 is 10.2 Å². The minimum atomic E-state index is -1.22. The van der Waals surface area contributed by atoms with Crippen LogP contribution in [0.4, 0.5) is 0 Å². The first-order chi connectivity index (χ1) is 10.7. The Balaban J connectivity index is 2.29. The minimum Gasteiger partial charge on any atom is -0.487 e. The fourth-order valence-electron chi connectivity index (χ4n) is 2.57. The minimum absolute atomic E-state index is 0.222. The summed E-state index contributed by atoms with van der Waals surface area (Å²) in [5.74, 6) is -0.735. The summed E-state index contributed by atoms with van der Waals surface area (Å²) >= 11 is 6.24. The van der Waals surface area contributed by atoms with Crippen molar-refractivity contribution in [2.24, 2.45) is 0 Å². The van der Waals surface area contributed by atoms with Crippen LogP contribution in [0.25, 0.3) is 10.9 Å². The summed E-state index contributed by atoms with van der Waals surface area (Å²) in [6.45, 7) is 5.74. The largest absolute Gasteiger partial charge is 0.487 e. The fourth-order valence-corrected chi connectivity index (χ4v) is 2.77. The van der Waals surface area contributed by atoms with Gasteiger partial charge in [0.2, 0.25) is 5.43 Å². The van der Waals surface area contributed by atoms with Crippen LogP contribution in [0, 0.1) is 0 Å². The number of carbonyl (C=O) groups is 1. The molecule has 1 aromatic carbocycles. The molecule has 122 valence electrons. The zero-order valence-corrected chi connectivity index (χ0v) is 14.0. The number of hydrogen-bond acceptors (Lipinski definition) is 3. The van der Waals surface area contributed by atoms with Crippen molar-refractivity contribution in [2.45, 2.75) is 45.3 Å². The molecule has 0 saturated heterocycles. The van der Waals surface area contributed by atoms with Gasteiger partial charge in [-0.25, -0.2) is 4.79 Å². The number of benzene rings is 1. The topological polar surface area (TPSA) is 68.5 Å². The molecule has 23 heavy (non-hydrogen) atoms. The van der Waals surface area contributed by atoms with Gasteiger partial charge in [-0.3, -0.25) is 4.79 Å². The molecular weight excluding hydrogens is 318 g/mol. The molecule has 0 amide bonds. The van der Waals surface area contributed by atoms with Crippen LogP contribution in [0.15, 0.2) is 23.1 Å². The zero-order valence-electron chi connectivity index (χ0n) is 13.2. The van der Waals surface area contributed by atoms with Gasteiger partial charge in [-0.1, -0.05) is 11.6 Å². The number of carboxylic acid groups (broad SMARTS) is 1. The number of pyridine rings is 1. The number of nitrogens with zero attached hydrogens (tertiary/aromatic N) is 1. The Hall–Kier alpha value is -2.01. The van der Waals surface area contributed by atoms with Crippen LogP contribution in [-0.4, -0.2) is 21.2 Å². The number of halogens is 1. The molecule has 1 saturated carbocycles. The van der Waals surface area contributed by atoms with Gasteiger partial charge in [0.1, 0.15) is 16.9 Å². The van der Waals surface area contributed by atoms with Gasteiger partial charge < -0.3 is 14.4 Å². The Morgan fingerprint density at radius 1 is 1.35 bits per heavy atom. The lowest BCUT2D eigenvalue weighted by molar-refractivity contribution is 0.0695. The summed E-state index contributed by atoms with van der Waals surface area (Å²) in [5, 5.41) is 9.87. The van der Waals surface area contributed by atoms with Crippen molar-refractivity contribution < 1.29 is 14.6 Å². The maximum atomic E-state index is 12.4. The smallest absolute Gasteiger partial charge is 0.341 e. The van der Waals surface area contributed by atoms with E-state index < -0.39 is 17.0 Å². The molecule has 0 unspecified atom stereocenters. The van der Waals surface area contributed by atoms with Gasteiger partial charge in [0.25, 0.3) is 0 Å². The number of rotatable bonds is 3. The molecule has 2 aromatic rings. The van der Waals surface area contributed by atoms with Gasteiger partial charge in [-0.2, -0.15) is 0 Å². The molecule has 1 fully saturated rings. The second-order valence-electron chi connectivity index (χ2n) is 6.83. The Bertz CT molecular complexity index is 859. The maximum Gasteiger partial charge on any atom is 0.341 e. The van der Waals surface area contributed by atoms with Gasteiger partial charge in [-0.15, -0.1) is 0 Å². The predicted molar refractivity (Wildman–Crippen MR) is 88.8 cm³/mol. The van der Waals surface area contributed by atoms with Crippen molar-refractivity contribution in [1.82, 2.24) is 4.57 Å². The number of hydrogen-bond donors (Lipinski definition) is 1. The van der Waals surface area contributed by atoms with Crippen LogP contribution in [-0.2, 0) is 0 Å². The van der Waals surface area contributed by atoms with Crippen LogP contribution in [0.5, 0.6) is 5.75 Å². The van der Waals surface area contributed by atoms with E-state index in [0.29, 0.717) is 21.7 Å². The molecular formula is C17H18ClNO4. The van der Waals surface area contributed by atoms with Crippen molar-refractivity contribution in [3.8, 4) is 5.75 Å². The van der Waals surface area contributed by atoms with Gasteiger partial charge in [-0.05, 0) is 39.7 Å². The first-order valence-corrected chi connectivity index (χ1v) is 7.86. The Labute approximate surface area is 138 Å². The molecule has 1 aliphatic carbocycles. The highest BCUT2D eigenvalue weighted by Crippen LogP contribution is 2.39. The van der Waals surface area contributed by atoms with Crippen LogP contribution >= 0.6 is 11.6 Å². The SMILES string of the molecule is CC(C)(C)Oc1cc2c(cc1Cl)c(=O)c(C(=O)O)cn2C1CC1. The zero-order chi connectivity index (χ0) is 16.9. The molecule has 1 aromatic heterocycles. The van der Waals surface area contributed by atoms with Crippen LogP contribution in [0.3, 0.4) is 0 Å². The highest BCUT2D eigenvalue weighted by Gasteiger charge is 2.27. The third-order valence-electron chi connectivity index (χ3n) is 3.67. The van der Waals surface area contributed by atoms with E-state index in [4.69, 9.17) is 16.3 Å².